The Hall–Kier alpha value is -3.39. The van der Waals surface area contributed by atoms with Gasteiger partial charge >= 0.3 is 6.18 Å². The topological polar surface area (TPSA) is 93.1 Å². The average Bonchev–Trinajstić information content (AvgIpc) is 3.55. The Morgan fingerprint density at radius 1 is 1.05 bits per heavy atom. The molecule has 1 saturated carbocycles. The van der Waals surface area contributed by atoms with Crippen LogP contribution >= 0.6 is 0 Å². The van der Waals surface area contributed by atoms with Crippen LogP contribution in [0.5, 0.6) is 0 Å². The molecule has 0 spiro atoms. The Labute approximate surface area is 219 Å². The molecule has 1 aliphatic carbocycles. The van der Waals surface area contributed by atoms with Crippen molar-refractivity contribution < 1.29 is 39.6 Å². The quantitative estimate of drug-likeness (QED) is 0.360. The van der Waals surface area contributed by atoms with Gasteiger partial charge in [0.1, 0.15) is 5.82 Å². The minimum Gasteiger partial charge on any atom is -0.298 e. The Morgan fingerprint density at radius 2 is 1.72 bits per heavy atom. The molecule has 3 aromatic rings. The van der Waals surface area contributed by atoms with Crippen molar-refractivity contribution in [2.24, 2.45) is 11.8 Å². The number of piperidine rings is 1. The molecule has 3 heterocycles. The van der Waals surface area contributed by atoms with Crippen molar-refractivity contribution in [1.82, 2.24) is 19.3 Å². The van der Waals surface area contributed by atoms with Crippen molar-refractivity contribution in [3.63, 3.8) is 0 Å². The van der Waals surface area contributed by atoms with E-state index in [0.29, 0.717) is 6.42 Å². The summed E-state index contributed by atoms with van der Waals surface area (Å²) in [5.41, 5.74) is -0.309. The van der Waals surface area contributed by atoms with Crippen LogP contribution in [0.25, 0.3) is 11.3 Å². The zero-order valence-corrected chi connectivity index (χ0v) is 20.8. The highest BCUT2D eigenvalue weighted by Crippen LogP contribution is 2.51. The Bertz CT molecular complexity index is 1500. The molecule has 0 radical (unpaired) electrons. The molecule has 1 aromatic carbocycles. The number of nitrogens with zero attached hydrogens (tertiary/aromatic N) is 4. The van der Waals surface area contributed by atoms with E-state index in [-0.39, 0.29) is 52.9 Å². The van der Waals surface area contributed by atoms with Crippen LogP contribution in [0, 0.1) is 17.7 Å². The van der Waals surface area contributed by atoms with Crippen molar-refractivity contribution in [2.75, 3.05) is 6.54 Å². The normalized spacial score (nSPS) is 21.3. The summed E-state index contributed by atoms with van der Waals surface area (Å²) in [6, 6.07) is 4.53. The van der Waals surface area contributed by atoms with E-state index in [4.69, 9.17) is 0 Å². The number of carbonyl (C=O) groups excluding carboxylic acids is 1. The third-order valence-corrected chi connectivity index (χ3v) is 8.82. The summed E-state index contributed by atoms with van der Waals surface area (Å²) in [7, 11) is -4.09. The van der Waals surface area contributed by atoms with E-state index >= 15 is 0 Å². The van der Waals surface area contributed by atoms with Crippen molar-refractivity contribution in [2.45, 2.75) is 42.8 Å². The first-order valence-electron chi connectivity index (χ1n) is 11.8. The maximum atomic E-state index is 13.7. The van der Waals surface area contributed by atoms with Gasteiger partial charge in [0.25, 0.3) is 6.43 Å². The SMILES string of the molecule is O=C(CCc1cc(-c2cnc(C(F)(F)F)nc2)ncc1C(F)F)[C@@H]1[C@H]2C[C@H]2CN1S(=O)(=O)c1ccc(F)cc1. The number of Topliss-reactive ketones (excluding diaryl/α,β-unsaturated/α-hetero) is 1. The minimum absolute atomic E-state index is 0.0120. The van der Waals surface area contributed by atoms with Gasteiger partial charge < -0.3 is 0 Å². The summed E-state index contributed by atoms with van der Waals surface area (Å²) in [6.45, 7) is 0.135. The molecule has 3 atom stereocenters. The molecule has 2 fully saturated rings. The molecule has 0 bridgehead atoms. The third-order valence-electron chi connectivity index (χ3n) is 6.96. The van der Waals surface area contributed by atoms with Crippen molar-refractivity contribution in [3.8, 4) is 11.3 Å². The Kier molecular flexibility index (Phi) is 6.95. The second kappa shape index (κ2) is 9.97. The molecule has 1 saturated heterocycles. The molecule has 206 valence electrons. The molecular weight excluding hydrogens is 550 g/mol. The average molecular weight is 571 g/mol. The molecule has 1 aliphatic heterocycles. The van der Waals surface area contributed by atoms with Crippen LogP contribution in [-0.4, -0.2) is 46.0 Å². The van der Waals surface area contributed by atoms with E-state index in [2.05, 4.69) is 15.0 Å². The first kappa shape index (κ1) is 27.2. The van der Waals surface area contributed by atoms with E-state index in [1.807, 2.05) is 0 Å². The molecule has 14 heteroatoms. The highest BCUT2D eigenvalue weighted by Gasteiger charge is 2.58. The summed E-state index contributed by atoms with van der Waals surface area (Å²) >= 11 is 0. The number of pyridine rings is 1. The van der Waals surface area contributed by atoms with Gasteiger partial charge in [-0.3, -0.25) is 9.78 Å². The van der Waals surface area contributed by atoms with Gasteiger partial charge in [0.2, 0.25) is 15.8 Å². The molecule has 39 heavy (non-hydrogen) atoms. The van der Waals surface area contributed by atoms with Gasteiger partial charge in [-0.15, -0.1) is 0 Å². The number of hydrogen-bond acceptors (Lipinski definition) is 6. The monoisotopic (exact) mass is 570 g/mol. The second-order valence-electron chi connectivity index (χ2n) is 9.46. The lowest BCUT2D eigenvalue weighted by atomic mass is 9.98. The molecule has 0 unspecified atom stereocenters. The largest absolute Gasteiger partial charge is 0.451 e. The Morgan fingerprint density at radius 3 is 2.33 bits per heavy atom. The van der Waals surface area contributed by atoms with Gasteiger partial charge in [-0.25, -0.2) is 31.6 Å². The highest BCUT2D eigenvalue weighted by molar-refractivity contribution is 7.89. The summed E-state index contributed by atoms with van der Waals surface area (Å²) in [5.74, 6) is -2.59. The summed E-state index contributed by atoms with van der Waals surface area (Å²) in [6.07, 6.45) is -4.82. The van der Waals surface area contributed by atoms with Crippen molar-refractivity contribution in [3.05, 3.63) is 71.7 Å². The van der Waals surface area contributed by atoms with Gasteiger partial charge in [-0.05, 0) is 60.6 Å². The predicted molar refractivity (Wildman–Crippen MR) is 124 cm³/mol. The fraction of sp³-hybridized carbons (Fsp3) is 0.360. The molecule has 0 N–H and O–H groups in total. The number of halogens is 6. The van der Waals surface area contributed by atoms with Crippen molar-refractivity contribution >= 4 is 15.8 Å². The molecular formula is C25H20F6N4O3S. The van der Waals surface area contributed by atoms with Crippen LogP contribution in [0.4, 0.5) is 26.3 Å². The number of aryl methyl sites for hydroxylation is 1. The van der Waals surface area contributed by atoms with Crippen LogP contribution < -0.4 is 0 Å². The van der Waals surface area contributed by atoms with Gasteiger partial charge in [0, 0.05) is 42.7 Å². The van der Waals surface area contributed by atoms with Crippen LogP contribution in [0.15, 0.2) is 53.8 Å². The number of hydrogen-bond donors (Lipinski definition) is 0. The summed E-state index contributed by atoms with van der Waals surface area (Å²) in [4.78, 5) is 23.5. The lowest BCUT2D eigenvalue weighted by Crippen LogP contribution is -2.43. The number of sulfonamides is 1. The molecule has 2 aromatic heterocycles. The van der Waals surface area contributed by atoms with Crippen LogP contribution in [0.3, 0.4) is 0 Å². The zero-order chi connectivity index (χ0) is 28.1. The fourth-order valence-corrected chi connectivity index (χ4v) is 6.62. The number of alkyl halides is 5. The summed E-state index contributed by atoms with van der Waals surface area (Å²) < 4.78 is 106. The number of ketones is 1. The summed E-state index contributed by atoms with van der Waals surface area (Å²) in [5, 5.41) is 0. The van der Waals surface area contributed by atoms with E-state index in [9.17, 15) is 39.6 Å². The molecule has 7 nitrogen and oxygen atoms in total. The van der Waals surface area contributed by atoms with Crippen LogP contribution in [0.1, 0.15) is 36.2 Å². The zero-order valence-electron chi connectivity index (χ0n) is 19.9. The highest BCUT2D eigenvalue weighted by atomic mass is 32.2. The fourth-order valence-electron chi connectivity index (χ4n) is 4.91. The maximum Gasteiger partial charge on any atom is 0.451 e. The smallest absolute Gasteiger partial charge is 0.298 e. The Balaban J connectivity index is 1.36. The van der Waals surface area contributed by atoms with E-state index < -0.39 is 51.7 Å². The first-order valence-corrected chi connectivity index (χ1v) is 13.3. The second-order valence-corrected chi connectivity index (χ2v) is 11.4. The standard InChI is InChI=1S/C25H20F6N4O3S/c26-16-2-4-17(5-3-16)39(37,38)35-12-14-7-18(14)22(35)21(36)6-1-13-8-20(32-11-19(13)23(27)28)15-9-33-24(34-10-15)25(29,30)31/h2-5,8-11,14,18,22-23H,1,6-7,12H2/t14-,18-,22-/m0/s1. The minimum atomic E-state index is -4.75. The molecule has 2 aliphatic rings. The van der Waals surface area contributed by atoms with Gasteiger partial charge in [-0.2, -0.15) is 17.5 Å². The first-order chi connectivity index (χ1) is 18.4. The number of fused-ring (bicyclic) bond motifs is 1. The molecule has 0 amide bonds. The van der Waals surface area contributed by atoms with E-state index in [1.165, 1.54) is 6.07 Å². The van der Waals surface area contributed by atoms with Gasteiger partial charge in [-0.1, -0.05) is 0 Å². The maximum absolute atomic E-state index is 13.7. The third kappa shape index (κ3) is 5.39. The van der Waals surface area contributed by atoms with E-state index in [0.717, 1.165) is 47.2 Å². The molecule has 5 rings (SSSR count). The number of carbonyl (C=O) groups is 1. The lowest BCUT2D eigenvalue weighted by Gasteiger charge is -2.26. The van der Waals surface area contributed by atoms with Crippen LogP contribution in [0.2, 0.25) is 0 Å². The lowest BCUT2D eigenvalue weighted by molar-refractivity contribution is -0.145. The number of benzene rings is 1. The van der Waals surface area contributed by atoms with Gasteiger partial charge in [0.15, 0.2) is 5.78 Å². The number of rotatable bonds is 8. The van der Waals surface area contributed by atoms with Gasteiger partial charge in [0.05, 0.1) is 16.6 Å². The number of aromatic nitrogens is 3. The predicted octanol–water partition coefficient (Wildman–Crippen LogP) is 4.85. The van der Waals surface area contributed by atoms with E-state index in [1.54, 1.807) is 0 Å². The van der Waals surface area contributed by atoms with Crippen LogP contribution in [-0.2, 0) is 27.4 Å². The van der Waals surface area contributed by atoms with Crippen molar-refractivity contribution in [1.29, 1.82) is 0 Å².